The van der Waals surface area contributed by atoms with E-state index in [1.165, 1.54) is 23.8 Å². The molecule has 0 fully saturated rings. The monoisotopic (exact) mass is 574 g/mol. The maximum absolute atomic E-state index is 14.1. The molecule has 10 nitrogen and oxygen atoms in total. The van der Waals surface area contributed by atoms with Gasteiger partial charge in [-0.1, -0.05) is 29.5 Å². The maximum atomic E-state index is 14.1. The quantitative estimate of drug-likeness (QED) is 0.401. The molecule has 0 bridgehead atoms. The number of thiazole rings is 1. The number of hydrogen-bond donors (Lipinski definition) is 0. The first-order chi connectivity index (χ1) is 19.6. The first-order valence-corrected chi connectivity index (χ1v) is 13.9. The summed E-state index contributed by atoms with van der Waals surface area (Å²) in [5, 5.41) is 5.80. The first kappa shape index (κ1) is 28.0. The number of hydrogen-bond acceptors (Lipinski definition) is 9. The van der Waals surface area contributed by atoms with Gasteiger partial charge in [0.25, 0.3) is 11.5 Å². The molecule has 0 aliphatic carbocycles. The minimum absolute atomic E-state index is 0.217. The average Bonchev–Trinajstić information content (AvgIpc) is 3.42. The maximum Gasteiger partial charge on any atom is 0.338 e. The van der Waals surface area contributed by atoms with E-state index in [4.69, 9.17) is 14.2 Å². The Kier molecular flexibility index (Phi) is 7.63. The number of rotatable bonds is 7. The van der Waals surface area contributed by atoms with Gasteiger partial charge in [-0.3, -0.25) is 14.2 Å². The highest BCUT2D eigenvalue weighted by atomic mass is 32.1. The van der Waals surface area contributed by atoms with Crippen molar-refractivity contribution in [2.45, 2.75) is 39.8 Å². The van der Waals surface area contributed by atoms with E-state index >= 15 is 0 Å². The molecular weight excluding hydrogens is 544 g/mol. The lowest BCUT2D eigenvalue weighted by Crippen LogP contribution is -2.40. The van der Waals surface area contributed by atoms with Crippen LogP contribution in [0.2, 0.25) is 0 Å². The number of benzene rings is 2. The van der Waals surface area contributed by atoms with Crippen LogP contribution in [-0.2, 0) is 14.3 Å². The standard InChI is InChI=1S/C30H30N4O6S/c1-16(2)40-29(37)25-18(4)31-30-33(26(25)22-14-20(38-5)12-13-23(22)39-6)28(36)24(41-30)15-21-17(3)32-34(27(21)35)19-10-8-7-9-11-19/h7-16,21,26H,1-6H3/b24-15-/t21-,26+/m0/s1. The minimum atomic E-state index is -0.903. The summed E-state index contributed by atoms with van der Waals surface area (Å²) in [6.45, 7) is 6.98. The summed E-state index contributed by atoms with van der Waals surface area (Å²) < 4.78 is 18.4. The van der Waals surface area contributed by atoms with Crippen molar-refractivity contribution < 1.29 is 23.8 Å². The number of carbonyl (C=O) groups is 2. The SMILES string of the molecule is COc1ccc(OC)c([C@@H]2C(C(=O)OC(C)C)=C(C)N=c3s/c(=C\[C@@H]4C(=O)N(c5ccccc5)N=C4C)c(=O)n32)c1. The Morgan fingerprint density at radius 1 is 1.05 bits per heavy atom. The van der Waals surface area contributed by atoms with Gasteiger partial charge in [-0.2, -0.15) is 10.1 Å². The zero-order chi connectivity index (χ0) is 29.4. The third kappa shape index (κ3) is 5.08. The van der Waals surface area contributed by atoms with Crippen LogP contribution < -0.4 is 29.4 Å². The predicted molar refractivity (Wildman–Crippen MR) is 156 cm³/mol. The number of aromatic nitrogens is 1. The van der Waals surface area contributed by atoms with E-state index in [2.05, 4.69) is 10.1 Å². The molecule has 3 aromatic rings. The van der Waals surface area contributed by atoms with Gasteiger partial charge in [0.15, 0.2) is 4.80 Å². The minimum Gasteiger partial charge on any atom is -0.497 e. The molecule has 3 heterocycles. The van der Waals surface area contributed by atoms with Crippen LogP contribution in [0.3, 0.4) is 0 Å². The molecule has 0 spiro atoms. The number of para-hydroxylation sites is 1. The number of carbonyl (C=O) groups excluding carboxylic acids is 2. The molecule has 2 atom stereocenters. The summed E-state index contributed by atoms with van der Waals surface area (Å²) in [5.41, 5.74) is 1.98. The lowest BCUT2D eigenvalue weighted by Gasteiger charge is -2.26. The van der Waals surface area contributed by atoms with Crippen molar-refractivity contribution in [1.29, 1.82) is 0 Å². The number of fused-ring (bicyclic) bond motifs is 1. The molecule has 212 valence electrons. The van der Waals surface area contributed by atoms with Crippen molar-refractivity contribution in [1.82, 2.24) is 4.57 Å². The number of nitrogens with zero attached hydrogens (tertiary/aromatic N) is 4. The zero-order valence-corrected chi connectivity index (χ0v) is 24.4. The molecule has 2 aliphatic heterocycles. The fourth-order valence-electron chi connectivity index (χ4n) is 4.90. The van der Waals surface area contributed by atoms with Gasteiger partial charge in [-0.15, -0.1) is 0 Å². The van der Waals surface area contributed by atoms with Gasteiger partial charge in [-0.05, 0) is 64.1 Å². The Labute approximate surface area is 240 Å². The second-order valence-corrected chi connectivity index (χ2v) is 10.9. The fraction of sp³-hybridized carbons (Fsp3) is 0.300. The molecule has 1 amide bonds. The van der Waals surface area contributed by atoms with E-state index in [-0.39, 0.29) is 17.6 Å². The van der Waals surface area contributed by atoms with Gasteiger partial charge in [0.05, 0.1) is 47.5 Å². The largest absolute Gasteiger partial charge is 0.497 e. The van der Waals surface area contributed by atoms with E-state index in [1.807, 2.05) is 18.2 Å². The van der Waals surface area contributed by atoms with Crippen molar-refractivity contribution in [3.63, 3.8) is 0 Å². The molecule has 11 heteroatoms. The molecule has 0 N–H and O–H groups in total. The number of anilines is 1. The number of allylic oxidation sites excluding steroid dienone is 1. The Bertz CT molecular complexity index is 1770. The van der Waals surface area contributed by atoms with Crippen molar-refractivity contribution in [2.24, 2.45) is 16.0 Å². The average molecular weight is 575 g/mol. The third-order valence-corrected chi connectivity index (χ3v) is 7.82. The highest BCUT2D eigenvalue weighted by Crippen LogP contribution is 2.38. The number of ether oxygens (including phenoxy) is 3. The number of hydrazone groups is 1. The van der Waals surface area contributed by atoms with Crippen LogP contribution >= 0.6 is 11.3 Å². The Morgan fingerprint density at radius 2 is 1.78 bits per heavy atom. The van der Waals surface area contributed by atoms with E-state index in [0.29, 0.717) is 43.5 Å². The van der Waals surface area contributed by atoms with Crippen molar-refractivity contribution in [3.8, 4) is 11.5 Å². The van der Waals surface area contributed by atoms with Crippen LogP contribution in [0.15, 0.2) is 74.7 Å². The van der Waals surface area contributed by atoms with Gasteiger partial charge in [-0.25, -0.2) is 9.79 Å². The second-order valence-electron chi connectivity index (χ2n) is 9.87. The highest BCUT2D eigenvalue weighted by molar-refractivity contribution is 7.07. The molecule has 41 heavy (non-hydrogen) atoms. The van der Waals surface area contributed by atoms with E-state index in [1.54, 1.807) is 64.1 Å². The Morgan fingerprint density at radius 3 is 2.44 bits per heavy atom. The smallest absolute Gasteiger partial charge is 0.338 e. The van der Waals surface area contributed by atoms with Crippen LogP contribution in [0.1, 0.15) is 39.3 Å². The molecule has 0 unspecified atom stereocenters. The van der Waals surface area contributed by atoms with E-state index in [9.17, 15) is 14.4 Å². The molecule has 0 saturated carbocycles. The van der Waals surface area contributed by atoms with Crippen molar-refractivity contribution >= 4 is 40.7 Å². The Balaban J connectivity index is 1.68. The molecular formula is C30H30N4O6S. The van der Waals surface area contributed by atoms with Gasteiger partial charge >= 0.3 is 5.97 Å². The second kappa shape index (κ2) is 11.2. The summed E-state index contributed by atoms with van der Waals surface area (Å²) in [6, 6.07) is 13.4. The molecule has 2 aliphatic rings. The number of esters is 1. The molecule has 5 rings (SSSR count). The van der Waals surface area contributed by atoms with Crippen LogP contribution in [0, 0.1) is 5.92 Å². The predicted octanol–water partition coefficient (Wildman–Crippen LogP) is 3.19. The van der Waals surface area contributed by atoms with E-state index < -0.39 is 23.5 Å². The summed E-state index contributed by atoms with van der Waals surface area (Å²) in [6.07, 6.45) is 1.24. The first-order valence-electron chi connectivity index (χ1n) is 13.0. The molecule has 1 aromatic heterocycles. The summed E-state index contributed by atoms with van der Waals surface area (Å²) >= 11 is 1.15. The van der Waals surface area contributed by atoms with Crippen LogP contribution in [0.5, 0.6) is 11.5 Å². The summed E-state index contributed by atoms with van der Waals surface area (Å²) in [4.78, 5) is 45.9. The summed E-state index contributed by atoms with van der Waals surface area (Å²) in [7, 11) is 3.05. The van der Waals surface area contributed by atoms with E-state index in [0.717, 1.165) is 11.3 Å². The van der Waals surface area contributed by atoms with Crippen molar-refractivity contribution in [3.05, 3.63) is 85.1 Å². The van der Waals surface area contributed by atoms with Crippen LogP contribution in [0.4, 0.5) is 5.69 Å². The lowest BCUT2D eigenvalue weighted by molar-refractivity contribution is -0.143. The van der Waals surface area contributed by atoms with Crippen LogP contribution in [0.25, 0.3) is 6.08 Å². The van der Waals surface area contributed by atoms with Gasteiger partial charge < -0.3 is 14.2 Å². The molecule has 0 radical (unpaired) electrons. The zero-order valence-electron chi connectivity index (χ0n) is 23.6. The van der Waals surface area contributed by atoms with Gasteiger partial charge in [0, 0.05) is 5.56 Å². The Hall–Kier alpha value is -4.51. The third-order valence-electron chi connectivity index (χ3n) is 6.82. The van der Waals surface area contributed by atoms with Crippen LogP contribution in [-0.4, -0.2) is 42.5 Å². The topological polar surface area (TPSA) is 112 Å². The lowest BCUT2D eigenvalue weighted by atomic mass is 9.94. The molecule has 2 aromatic carbocycles. The normalized spacial score (nSPS) is 18.8. The van der Waals surface area contributed by atoms with Crippen molar-refractivity contribution in [2.75, 3.05) is 19.2 Å². The fourth-order valence-corrected chi connectivity index (χ4v) is 5.95. The summed E-state index contributed by atoms with van der Waals surface area (Å²) in [5.74, 6) is -0.588. The highest BCUT2D eigenvalue weighted by Gasteiger charge is 2.37. The van der Waals surface area contributed by atoms with Gasteiger partial charge in [0.2, 0.25) is 0 Å². The van der Waals surface area contributed by atoms with Gasteiger partial charge in [0.1, 0.15) is 23.5 Å². The molecule has 0 saturated heterocycles. The number of amides is 1. The number of methoxy groups -OCH3 is 2.